The average molecular weight is 626 g/mol. The van der Waals surface area contributed by atoms with Gasteiger partial charge in [0.1, 0.15) is 5.82 Å². The van der Waals surface area contributed by atoms with Crippen molar-refractivity contribution < 1.29 is 0 Å². The lowest BCUT2D eigenvalue weighted by Crippen LogP contribution is -2.03. The number of fused-ring (bicyclic) bond motifs is 10. The predicted octanol–water partition coefficient (Wildman–Crippen LogP) is 11.7. The van der Waals surface area contributed by atoms with Crippen LogP contribution < -0.4 is 0 Å². The molecule has 0 aliphatic carbocycles. The molecule has 0 saturated carbocycles. The third kappa shape index (κ3) is 3.25. The number of thiophene rings is 2. The van der Waals surface area contributed by atoms with Crippen molar-refractivity contribution >= 4 is 101 Å². The second-order valence-electron chi connectivity index (χ2n) is 10.5. The summed E-state index contributed by atoms with van der Waals surface area (Å²) in [5.41, 5.74) is 7.13. The van der Waals surface area contributed by atoms with E-state index in [2.05, 4.69) is 137 Å². The zero-order valence-electron chi connectivity index (χ0n) is 22.0. The molecule has 0 bridgehead atoms. The SMILES string of the molecule is Cc1c(-n2c3ccccc3c3cc(Br)c4sc5ccccc5c4c32)nc2c(sc3ccccc32)c1-c1ccccc1. The van der Waals surface area contributed by atoms with E-state index >= 15 is 0 Å². The topological polar surface area (TPSA) is 17.8 Å². The summed E-state index contributed by atoms with van der Waals surface area (Å²) < 4.78 is 8.64. The smallest absolute Gasteiger partial charge is 0.142 e. The molecule has 41 heavy (non-hydrogen) atoms. The van der Waals surface area contributed by atoms with E-state index in [1.807, 2.05) is 22.7 Å². The molecule has 4 heterocycles. The number of aromatic nitrogens is 2. The van der Waals surface area contributed by atoms with E-state index < -0.39 is 0 Å². The van der Waals surface area contributed by atoms with E-state index in [0.717, 1.165) is 15.8 Å². The van der Waals surface area contributed by atoms with Crippen LogP contribution in [0.2, 0.25) is 0 Å². The predicted molar refractivity (Wildman–Crippen MR) is 182 cm³/mol. The Balaban J connectivity index is 1.55. The summed E-state index contributed by atoms with van der Waals surface area (Å²) in [5.74, 6) is 0.991. The van der Waals surface area contributed by atoms with Gasteiger partial charge in [0.2, 0.25) is 0 Å². The van der Waals surface area contributed by atoms with Gasteiger partial charge in [0, 0.05) is 51.9 Å². The second-order valence-corrected chi connectivity index (χ2v) is 13.4. The molecule has 194 valence electrons. The summed E-state index contributed by atoms with van der Waals surface area (Å²) in [5, 5.41) is 6.25. The Hall–Kier alpha value is -4.03. The number of rotatable bonds is 2. The fraction of sp³-hybridized carbons (Fsp3) is 0.0278. The Morgan fingerprint density at radius 3 is 2.10 bits per heavy atom. The summed E-state index contributed by atoms with van der Waals surface area (Å²) >= 11 is 7.64. The molecule has 0 atom stereocenters. The van der Waals surface area contributed by atoms with Crippen LogP contribution in [-0.4, -0.2) is 9.55 Å². The first-order valence-corrected chi connectivity index (χ1v) is 16.0. The Kier molecular flexibility index (Phi) is 5.04. The fourth-order valence-corrected chi connectivity index (χ4v) is 9.52. The molecule has 0 spiro atoms. The molecule has 0 fully saturated rings. The van der Waals surface area contributed by atoms with Crippen LogP contribution in [0, 0.1) is 6.92 Å². The van der Waals surface area contributed by atoms with Crippen molar-refractivity contribution in [2.75, 3.05) is 0 Å². The number of para-hydroxylation sites is 1. The lowest BCUT2D eigenvalue weighted by molar-refractivity contribution is 1.08. The van der Waals surface area contributed by atoms with Crippen molar-refractivity contribution in [2.24, 2.45) is 0 Å². The highest BCUT2D eigenvalue weighted by molar-refractivity contribution is 9.10. The largest absolute Gasteiger partial charge is 0.293 e. The molecule has 5 aromatic carbocycles. The number of hydrogen-bond acceptors (Lipinski definition) is 3. The summed E-state index contributed by atoms with van der Waals surface area (Å²) in [4.78, 5) is 5.55. The van der Waals surface area contributed by atoms with Crippen molar-refractivity contribution in [1.82, 2.24) is 9.55 Å². The molecule has 0 amide bonds. The van der Waals surface area contributed by atoms with Crippen LogP contribution in [0.4, 0.5) is 0 Å². The van der Waals surface area contributed by atoms with Crippen molar-refractivity contribution in [3.63, 3.8) is 0 Å². The van der Waals surface area contributed by atoms with Gasteiger partial charge in [-0.1, -0.05) is 84.9 Å². The Bertz CT molecular complexity index is 2500. The molecule has 0 aliphatic rings. The Morgan fingerprint density at radius 2 is 1.29 bits per heavy atom. The van der Waals surface area contributed by atoms with Crippen LogP contribution in [-0.2, 0) is 0 Å². The number of nitrogens with zero attached hydrogens (tertiary/aromatic N) is 2. The fourth-order valence-electron chi connectivity index (χ4n) is 6.47. The first-order chi connectivity index (χ1) is 20.2. The third-order valence-corrected chi connectivity index (χ3v) is 11.5. The van der Waals surface area contributed by atoms with Crippen molar-refractivity contribution in [3.8, 4) is 16.9 Å². The van der Waals surface area contributed by atoms with Gasteiger partial charge in [-0.15, -0.1) is 22.7 Å². The van der Waals surface area contributed by atoms with Crippen LogP contribution in [0.1, 0.15) is 5.56 Å². The Labute approximate surface area is 252 Å². The van der Waals surface area contributed by atoms with E-state index in [9.17, 15) is 0 Å². The Morgan fingerprint density at radius 1 is 0.659 bits per heavy atom. The van der Waals surface area contributed by atoms with E-state index in [1.165, 1.54) is 73.5 Å². The number of halogens is 1. The molecular weight excluding hydrogens is 604 g/mol. The maximum Gasteiger partial charge on any atom is 0.142 e. The highest BCUT2D eigenvalue weighted by Gasteiger charge is 2.24. The highest BCUT2D eigenvalue weighted by atomic mass is 79.9. The van der Waals surface area contributed by atoms with Gasteiger partial charge in [-0.2, -0.15) is 0 Å². The van der Waals surface area contributed by atoms with Crippen LogP contribution >= 0.6 is 38.6 Å². The van der Waals surface area contributed by atoms with Gasteiger partial charge in [-0.3, -0.25) is 4.57 Å². The van der Waals surface area contributed by atoms with Gasteiger partial charge >= 0.3 is 0 Å². The zero-order chi connectivity index (χ0) is 27.2. The van der Waals surface area contributed by atoms with Crippen LogP contribution in [0.5, 0.6) is 0 Å². The molecule has 9 rings (SSSR count). The second kappa shape index (κ2) is 8.73. The number of hydrogen-bond donors (Lipinski definition) is 0. The molecule has 0 radical (unpaired) electrons. The van der Waals surface area contributed by atoms with Crippen molar-refractivity contribution in [2.45, 2.75) is 6.92 Å². The van der Waals surface area contributed by atoms with Gasteiger partial charge in [0.05, 0.1) is 25.9 Å². The quantitative estimate of drug-likeness (QED) is 0.187. The molecule has 2 nitrogen and oxygen atoms in total. The van der Waals surface area contributed by atoms with Crippen LogP contribution in [0.15, 0.2) is 114 Å². The van der Waals surface area contributed by atoms with Crippen LogP contribution in [0.3, 0.4) is 0 Å². The average Bonchev–Trinajstić information content (AvgIpc) is 3.67. The van der Waals surface area contributed by atoms with Gasteiger partial charge < -0.3 is 0 Å². The highest BCUT2D eigenvalue weighted by Crippen LogP contribution is 2.48. The van der Waals surface area contributed by atoms with E-state index in [4.69, 9.17) is 4.98 Å². The van der Waals surface area contributed by atoms with Crippen molar-refractivity contribution in [3.05, 3.63) is 119 Å². The molecule has 0 saturated heterocycles. The number of benzene rings is 5. The summed E-state index contributed by atoms with van der Waals surface area (Å²) in [6.07, 6.45) is 0. The molecule has 0 aliphatic heterocycles. The lowest BCUT2D eigenvalue weighted by atomic mass is 10.00. The molecule has 9 aromatic rings. The first-order valence-electron chi connectivity index (χ1n) is 13.6. The molecule has 0 unspecified atom stereocenters. The minimum absolute atomic E-state index is 0.991. The van der Waals surface area contributed by atoms with Crippen LogP contribution in [0.25, 0.3) is 79.2 Å². The van der Waals surface area contributed by atoms with Gasteiger partial charge in [0.25, 0.3) is 0 Å². The minimum Gasteiger partial charge on any atom is -0.293 e. The van der Waals surface area contributed by atoms with Crippen molar-refractivity contribution in [1.29, 1.82) is 0 Å². The molecule has 0 N–H and O–H groups in total. The van der Waals surface area contributed by atoms with E-state index in [0.29, 0.717) is 0 Å². The minimum atomic E-state index is 0.991. The summed E-state index contributed by atoms with van der Waals surface area (Å²) in [6, 6.07) is 39.3. The molecule has 4 aromatic heterocycles. The number of pyridine rings is 1. The monoisotopic (exact) mass is 624 g/mol. The van der Waals surface area contributed by atoms with Gasteiger partial charge in [-0.05, 0) is 52.7 Å². The normalized spacial score (nSPS) is 12.1. The first kappa shape index (κ1) is 23.7. The summed E-state index contributed by atoms with van der Waals surface area (Å²) in [7, 11) is 0. The standard InChI is InChI=1S/C36H21BrN2S2/c1-20-30(21-11-3-2-4-12-21)35-32(24-15-7-10-18-29(24)41-35)38-36(20)39-27-16-8-5-13-22(27)25-19-26(37)34-31(33(25)39)23-14-6-9-17-28(23)40-34/h2-19H,1H3. The van der Waals surface area contributed by atoms with Gasteiger partial charge in [0.15, 0.2) is 0 Å². The molecule has 5 heteroatoms. The van der Waals surface area contributed by atoms with E-state index in [1.54, 1.807) is 0 Å². The van der Waals surface area contributed by atoms with Gasteiger partial charge in [-0.25, -0.2) is 4.98 Å². The van der Waals surface area contributed by atoms with E-state index in [-0.39, 0.29) is 0 Å². The maximum absolute atomic E-state index is 5.55. The third-order valence-electron chi connectivity index (χ3n) is 8.23. The molecular formula is C36H21BrN2S2. The summed E-state index contributed by atoms with van der Waals surface area (Å²) in [6.45, 7) is 2.25. The lowest BCUT2D eigenvalue weighted by Gasteiger charge is -2.16. The maximum atomic E-state index is 5.55. The zero-order valence-corrected chi connectivity index (χ0v) is 25.2.